The molecule has 2 bridgehead atoms. The number of benzene rings is 3. The second kappa shape index (κ2) is 8.30. The lowest BCUT2D eigenvalue weighted by molar-refractivity contribution is -0.157. The average Bonchev–Trinajstić information content (AvgIpc) is 3.36. The summed E-state index contributed by atoms with van der Waals surface area (Å²) in [6.45, 7) is 4.41. The zero-order valence-electron chi connectivity index (χ0n) is 20.6. The van der Waals surface area contributed by atoms with Gasteiger partial charge in [-0.25, -0.2) is 4.39 Å². The molecule has 1 aliphatic heterocycles. The van der Waals surface area contributed by atoms with Crippen molar-refractivity contribution in [3.05, 3.63) is 107 Å². The largest absolute Gasteiger partial charge is 0.496 e. The van der Waals surface area contributed by atoms with Crippen molar-refractivity contribution >= 4 is 17.4 Å². The molecule has 3 aromatic carbocycles. The van der Waals surface area contributed by atoms with Crippen molar-refractivity contribution in [1.82, 2.24) is 4.90 Å². The second-order valence-corrected chi connectivity index (χ2v) is 10.4. The van der Waals surface area contributed by atoms with Crippen LogP contribution >= 0.6 is 0 Å². The fraction of sp³-hybridized carbons (Fsp3) is 0.290. The number of likely N-dealkylation sites (tertiary alicyclic amines) is 1. The molecular weight excluding hydrogens is 469 g/mol. The van der Waals surface area contributed by atoms with Gasteiger partial charge in [0.1, 0.15) is 11.6 Å². The number of halogens is 1. The van der Waals surface area contributed by atoms with Crippen LogP contribution in [-0.4, -0.2) is 42.1 Å². The Kier molecular flexibility index (Phi) is 5.26. The highest BCUT2D eigenvalue weighted by molar-refractivity contribution is 6.19. The summed E-state index contributed by atoms with van der Waals surface area (Å²) in [5.41, 5.74) is 1.77. The molecule has 5 nitrogen and oxygen atoms in total. The van der Waals surface area contributed by atoms with Crippen molar-refractivity contribution in [3.8, 4) is 5.75 Å². The van der Waals surface area contributed by atoms with Gasteiger partial charge >= 0.3 is 5.97 Å². The van der Waals surface area contributed by atoms with Crippen LogP contribution in [-0.2, 0) is 15.0 Å². The number of carbonyl (C=O) groups excluding carboxylic acids is 1. The van der Waals surface area contributed by atoms with Gasteiger partial charge in [0.05, 0.1) is 12.5 Å². The number of carbonyl (C=O) groups is 2. The molecule has 3 aromatic rings. The van der Waals surface area contributed by atoms with Crippen LogP contribution in [0.4, 0.5) is 4.39 Å². The van der Waals surface area contributed by atoms with Crippen LogP contribution < -0.4 is 4.74 Å². The smallest absolute Gasteiger partial charge is 0.312 e. The Morgan fingerprint density at radius 2 is 1.84 bits per heavy atom. The summed E-state index contributed by atoms with van der Waals surface area (Å²) < 4.78 is 20.0. The molecule has 4 unspecified atom stereocenters. The predicted octanol–water partition coefficient (Wildman–Crippen LogP) is 5.25. The van der Waals surface area contributed by atoms with Crippen LogP contribution in [0.2, 0.25) is 0 Å². The van der Waals surface area contributed by atoms with E-state index in [0.717, 1.165) is 16.7 Å². The molecule has 0 radical (unpaired) electrons. The Balaban J connectivity index is 1.50. The van der Waals surface area contributed by atoms with E-state index in [-0.39, 0.29) is 36.3 Å². The van der Waals surface area contributed by atoms with Crippen LogP contribution in [0.5, 0.6) is 5.75 Å². The number of fused-ring (bicyclic) bond motifs is 1. The van der Waals surface area contributed by atoms with Crippen molar-refractivity contribution in [2.45, 2.75) is 24.2 Å². The fourth-order valence-corrected chi connectivity index (χ4v) is 7.58. The monoisotopic (exact) mass is 497 g/mol. The summed E-state index contributed by atoms with van der Waals surface area (Å²) in [4.78, 5) is 28.7. The first-order valence-electron chi connectivity index (χ1n) is 12.5. The summed E-state index contributed by atoms with van der Waals surface area (Å²) in [6.07, 6.45) is 1.36. The van der Waals surface area contributed by atoms with Gasteiger partial charge in [-0.15, -0.1) is 0 Å². The molecule has 4 aliphatic rings. The van der Waals surface area contributed by atoms with E-state index < -0.39 is 22.7 Å². The zero-order valence-corrected chi connectivity index (χ0v) is 20.6. The van der Waals surface area contributed by atoms with Gasteiger partial charge in [0.15, 0.2) is 0 Å². The number of hydrogen-bond donors (Lipinski definition) is 1. The van der Waals surface area contributed by atoms with Gasteiger partial charge in [-0.05, 0) is 47.7 Å². The third-order valence-electron chi connectivity index (χ3n) is 9.05. The molecule has 4 atom stereocenters. The van der Waals surface area contributed by atoms with Crippen molar-refractivity contribution in [1.29, 1.82) is 0 Å². The second-order valence-electron chi connectivity index (χ2n) is 10.4. The van der Waals surface area contributed by atoms with E-state index in [0.29, 0.717) is 24.2 Å². The molecule has 7 rings (SSSR count). The molecule has 1 saturated heterocycles. The van der Waals surface area contributed by atoms with E-state index in [2.05, 4.69) is 12.6 Å². The third kappa shape index (κ3) is 3.08. The molecule has 2 fully saturated rings. The maximum atomic E-state index is 14.6. The predicted molar refractivity (Wildman–Crippen MR) is 138 cm³/mol. The number of nitrogens with zero attached hydrogens (tertiary/aromatic N) is 1. The summed E-state index contributed by atoms with van der Waals surface area (Å²) in [5.74, 6) is -1.68. The number of ether oxygens (including phenoxy) is 1. The van der Waals surface area contributed by atoms with Crippen molar-refractivity contribution in [2.24, 2.45) is 11.3 Å². The SMILES string of the molecule is C=C(C(=O)N1CC2C3(c4cccc(F)c4)CCC(c4ccccc43)C2(C(=O)O)C1)c1ccccc1OC. The lowest BCUT2D eigenvalue weighted by Gasteiger charge is -2.59. The minimum Gasteiger partial charge on any atom is -0.496 e. The van der Waals surface area contributed by atoms with Crippen LogP contribution in [0.15, 0.2) is 79.4 Å². The number of amides is 1. The van der Waals surface area contributed by atoms with Crippen molar-refractivity contribution < 1.29 is 23.8 Å². The van der Waals surface area contributed by atoms with Gasteiger partial charge < -0.3 is 14.7 Å². The lowest BCUT2D eigenvalue weighted by atomic mass is 9.42. The topological polar surface area (TPSA) is 66.8 Å². The molecule has 1 amide bonds. The maximum absolute atomic E-state index is 14.6. The molecule has 1 saturated carbocycles. The molecule has 188 valence electrons. The zero-order chi connectivity index (χ0) is 25.9. The number of para-hydroxylation sites is 1. The number of rotatable bonds is 5. The Bertz CT molecular complexity index is 1450. The van der Waals surface area contributed by atoms with E-state index in [1.165, 1.54) is 19.2 Å². The molecule has 1 N–H and O–H groups in total. The van der Waals surface area contributed by atoms with Gasteiger partial charge in [-0.2, -0.15) is 0 Å². The molecule has 0 spiro atoms. The first-order valence-corrected chi connectivity index (χ1v) is 12.5. The fourth-order valence-electron chi connectivity index (χ4n) is 7.58. The van der Waals surface area contributed by atoms with E-state index in [1.807, 2.05) is 36.4 Å². The normalized spacial score (nSPS) is 27.4. The van der Waals surface area contributed by atoms with Gasteiger partial charge in [0.2, 0.25) is 0 Å². The average molecular weight is 498 g/mol. The molecule has 37 heavy (non-hydrogen) atoms. The van der Waals surface area contributed by atoms with Gasteiger partial charge in [0, 0.05) is 41.5 Å². The van der Waals surface area contributed by atoms with Gasteiger partial charge in [-0.3, -0.25) is 9.59 Å². The van der Waals surface area contributed by atoms with Crippen LogP contribution in [0.1, 0.15) is 41.0 Å². The molecule has 3 aliphatic carbocycles. The van der Waals surface area contributed by atoms with Crippen molar-refractivity contribution in [2.75, 3.05) is 20.2 Å². The number of hydrogen-bond acceptors (Lipinski definition) is 3. The van der Waals surface area contributed by atoms with Gasteiger partial charge in [-0.1, -0.05) is 61.2 Å². The summed E-state index contributed by atoms with van der Waals surface area (Å²) >= 11 is 0. The lowest BCUT2D eigenvalue weighted by Crippen LogP contribution is -2.60. The van der Waals surface area contributed by atoms with Crippen LogP contribution in [0.3, 0.4) is 0 Å². The molecule has 6 heteroatoms. The third-order valence-corrected chi connectivity index (χ3v) is 9.05. The Labute approximate surface area is 215 Å². The highest BCUT2D eigenvalue weighted by atomic mass is 19.1. The highest BCUT2D eigenvalue weighted by Gasteiger charge is 2.70. The summed E-state index contributed by atoms with van der Waals surface area (Å²) in [5, 5.41) is 10.8. The molecular formula is C31H28FNO4. The summed E-state index contributed by atoms with van der Waals surface area (Å²) in [6, 6.07) is 21.7. The minimum absolute atomic E-state index is 0.0794. The Morgan fingerprint density at radius 3 is 2.59 bits per heavy atom. The van der Waals surface area contributed by atoms with E-state index in [4.69, 9.17) is 4.74 Å². The van der Waals surface area contributed by atoms with Gasteiger partial charge in [0.25, 0.3) is 5.91 Å². The molecule has 0 aromatic heterocycles. The quantitative estimate of drug-likeness (QED) is 0.489. The van der Waals surface area contributed by atoms with E-state index in [9.17, 15) is 19.1 Å². The van der Waals surface area contributed by atoms with Crippen molar-refractivity contribution in [3.63, 3.8) is 0 Å². The minimum atomic E-state index is -1.18. The number of methoxy groups -OCH3 is 1. The Hall–Kier alpha value is -3.93. The first-order chi connectivity index (χ1) is 17.8. The summed E-state index contributed by atoms with van der Waals surface area (Å²) in [7, 11) is 1.54. The number of aliphatic carboxylic acids is 1. The van der Waals surface area contributed by atoms with Crippen LogP contribution in [0.25, 0.3) is 5.57 Å². The Morgan fingerprint density at radius 1 is 1.08 bits per heavy atom. The number of carboxylic acids is 1. The standard InChI is InChI=1S/C31H28FNO4/c1-19(22-10-4-6-13-26(22)37-2)28(34)33-17-27-30(20-8-7-9-21(32)16-20)15-14-25(31(27,18-33)29(35)36)23-11-3-5-12-24(23)30/h3-13,16,25,27H,1,14-15,17-18H2,2H3,(H,35,36). The molecule has 1 heterocycles. The van der Waals surface area contributed by atoms with Crippen LogP contribution in [0, 0.1) is 17.2 Å². The highest BCUT2D eigenvalue weighted by Crippen LogP contribution is 2.69. The number of carboxylic acid groups (broad SMARTS) is 1. The van der Waals surface area contributed by atoms with E-state index >= 15 is 0 Å². The first kappa shape index (κ1) is 23.5. The van der Waals surface area contributed by atoms with E-state index in [1.54, 1.807) is 23.1 Å². The maximum Gasteiger partial charge on any atom is 0.312 e.